The van der Waals surface area contributed by atoms with Gasteiger partial charge < -0.3 is 5.32 Å². The highest BCUT2D eigenvalue weighted by Crippen LogP contribution is 2.31. The highest BCUT2D eigenvalue weighted by molar-refractivity contribution is 8.01. The molecular weight excluding hydrogens is 264 g/mol. The lowest BCUT2D eigenvalue weighted by molar-refractivity contribution is 0.560. The molecule has 0 fully saturated rings. The smallest absolute Gasteiger partial charge is 0.180 e. The molecule has 1 N–H and O–H groups in total. The monoisotopic (exact) mass is 280 g/mol. The predicted octanol–water partition coefficient (Wildman–Crippen LogP) is 3.14. The van der Waals surface area contributed by atoms with Crippen LogP contribution in [0.25, 0.3) is 0 Å². The van der Waals surface area contributed by atoms with E-state index in [4.69, 9.17) is 0 Å². The average Bonchev–Trinajstić information content (AvgIpc) is 2.89. The van der Waals surface area contributed by atoms with Crippen molar-refractivity contribution in [2.45, 2.75) is 35.7 Å². The molecule has 0 aliphatic heterocycles. The largest absolute Gasteiger partial charge is 0.310 e. The third-order valence-corrected chi connectivity index (χ3v) is 4.30. The lowest BCUT2D eigenvalue weighted by Crippen LogP contribution is -2.20. The number of nitrogens with one attached hydrogen (secondary N) is 1. The molecular formula is C12H16N4S2. The molecule has 1 atom stereocenters. The van der Waals surface area contributed by atoms with Gasteiger partial charge in [0.15, 0.2) is 4.34 Å². The van der Waals surface area contributed by atoms with E-state index >= 15 is 0 Å². The summed E-state index contributed by atoms with van der Waals surface area (Å²) < 4.78 is 0.928. The Hall–Kier alpha value is -0.980. The third-order valence-electron chi connectivity index (χ3n) is 2.49. The van der Waals surface area contributed by atoms with Crippen molar-refractivity contribution in [2.75, 3.05) is 6.54 Å². The molecule has 2 aromatic heterocycles. The van der Waals surface area contributed by atoms with Gasteiger partial charge >= 0.3 is 0 Å². The summed E-state index contributed by atoms with van der Waals surface area (Å²) in [5.41, 5.74) is 2.95. The van der Waals surface area contributed by atoms with E-state index in [0.29, 0.717) is 6.04 Å². The molecule has 1 unspecified atom stereocenters. The molecule has 2 aromatic rings. The van der Waals surface area contributed by atoms with Crippen LogP contribution in [0.2, 0.25) is 0 Å². The van der Waals surface area contributed by atoms with E-state index < -0.39 is 0 Å². The summed E-state index contributed by atoms with van der Waals surface area (Å²) in [6.07, 6.45) is 2.95. The Bertz CT molecular complexity index is 473. The van der Waals surface area contributed by atoms with Crippen LogP contribution in [0.15, 0.2) is 33.2 Å². The van der Waals surface area contributed by atoms with Crippen molar-refractivity contribution >= 4 is 23.1 Å². The Kier molecular flexibility index (Phi) is 5.10. The van der Waals surface area contributed by atoms with Gasteiger partial charge in [-0.15, -0.1) is 10.2 Å². The van der Waals surface area contributed by atoms with Gasteiger partial charge in [-0.1, -0.05) is 24.3 Å². The van der Waals surface area contributed by atoms with E-state index in [0.717, 1.165) is 22.3 Å². The summed E-state index contributed by atoms with van der Waals surface area (Å²) in [6.45, 7) is 5.34. The Morgan fingerprint density at radius 1 is 1.50 bits per heavy atom. The van der Waals surface area contributed by atoms with Crippen LogP contribution in [0.5, 0.6) is 0 Å². The van der Waals surface area contributed by atoms with Crippen LogP contribution in [-0.4, -0.2) is 21.7 Å². The fourth-order valence-electron chi connectivity index (χ4n) is 1.58. The molecule has 0 spiro atoms. The minimum absolute atomic E-state index is 0.300. The first kappa shape index (κ1) is 13.5. The maximum atomic E-state index is 4.44. The maximum Gasteiger partial charge on any atom is 0.180 e. The van der Waals surface area contributed by atoms with Gasteiger partial charge in [0.25, 0.3) is 0 Å². The molecule has 0 saturated heterocycles. The van der Waals surface area contributed by atoms with Crippen molar-refractivity contribution in [1.82, 2.24) is 20.5 Å². The predicted molar refractivity (Wildman–Crippen MR) is 75.0 cm³/mol. The summed E-state index contributed by atoms with van der Waals surface area (Å²) in [5.74, 6) is 0. The van der Waals surface area contributed by atoms with E-state index in [-0.39, 0.29) is 0 Å². The lowest BCUT2D eigenvalue weighted by atomic mass is 10.1. The second-order valence-electron chi connectivity index (χ2n) is 3.88. The molecule has 2 rings (SSSR count). The van der Waals surface area contributed by atoms with E-state index in [9.17, 15) is 0 Å². The normalized spacial score (nSPS) is 12.6. The minimum Gasteiger partial charge on any atom is -0.310 e. The third kappa shape index (κ3) is 3.51. The zero-order chi connectivity index (χ0) is 12.8. The number of hydrogen-bond donors (Lipinski definition) is 1. The first-order valence-corrected chi connectivity index (χ1v) is 7.63. The maximum absolute atomic E-state index is 4.44. The van der Waals surface area contributed by atoms with Crippen LogP contribution < -0.4 is 5.32 Å². The van der Waals surface area contributed by atoms with E-state index in [1.807, 2.05) is 12.3 Å². The molecule has 96 valence electrons. The second-order valence-corrected chi connectivity index (χ2v) is 5.95. The standard InChI is InChI=1S/C12H16N4S2/c1-3-6-13-9(2)10-5-4-7-14-11(10)18-12-16-15-8-17-12/h4-5,7-9,13H,3,6H2,1-2H3. The van der Waals surface area contributed by atoms with Crippen molar-refractivity contribution in [2.24, 2.45) is 0 Å². The van der Waals surface area contributed by atoms with Crippen LogP contribution in [0.4, 0.5) is 0 Å². The summed E-state index contributed by atoms with van der Waals surface area (Å²) in [5, 5.41) is 12.4. The minimum atomic E-state index is 0.300. The van der Waals surface area contributed by atoms with Crippen LogP contribution in [0.1, 0.15) is 31.9 Å². The molecule has 4 nitrogen and oxygen atoms in total. The fraction of sp³-hybridized carbons (Fsp3) is 0.417. The van der Waals surface area contributed by atoms with Crippen molar-refractivity contribution in [3.05, 3.63) is 29.4 Å². The van der Waals surface area contributed by atoms with Gasteiger partial charge in [0.05, 0.1) is 0 Å². The van der Waals surface area contributed by atoms with Crippen LogP contribution in [-0.2, 0) is 0 Å². The molecule has 0 aromatic carbocycles. The number of aromatic nitrogens is 3. The molecule has 0 amide bonds. The summed E-state index contributed by atoms with van der Waals surface area (Å²) in [4.78, 5) is 4.44. The van der Waals surface area contributed by atoms with Crippen molar-refractivity contribution < 1.29 is 0 Å². The van der Waals surface area contributed by atoms with Gasteiger partial charge in [-0.05, 0) is 37.7 Å². The molecule has 0 aliphatic carbocycles. The fourth-order valence-corrected chi connectivity index (χ4v) is 3.15. The van der Waals surface area contributed by atoms with E-state index in [1.54, 1.807) is 17.3 Å². The summed E-state index contributed by atoms with van der Waals surface area (Å²) >= 11 is 3.11. The number of pyridine rings is 1. The van der Waals surface area contributed by atoms with Gasteiger partial charge in [0, 0.05) is 17.8 Å². The molecule has 18 heavy (non-hydrogen) atoms. The Morgan fingerprint density at radius 2 is 2.39 bits per heavy atom. The van der Waals surface area contributed by atoms with Crippen molar-refractivity contribution in [3.63, 3.8) is 0 Å². The van der Waals surface area contributed by atoms with Crippen LogP contribution >= 0.6 is 23.1 Å². The number of nitrogens with zero attached hydrogens (tertiary/aromatic N) is 3. The topological polar surface area (TPSA) is 50.7 Å². The quantitative estimate of drug-likeness (QED) is 0.881. The average molecular weight is 280 g/mol. The SMILES string of the molecule is CCCNC(C)c1cccnc1Sc1nncs1. The van der Waals surface area contributed by atoms with Crippen molar-refractivity contribution in [3.8, 4) is 0 Å². The van der Waals surface area contributed by atoms with Crippen molar-refractivity contribution in [1.29, 1.82) is 0 Å². The van der Waals surface area contributed by atoms with Gasteiger partial charge in [-0.2, -0.15) is 0 Å². The lowest BCUT2D eigenvalue weighted by Gasteiger charge is -2.15. The van der Waals surface area contributed by atoms with Gasteiger partial charge in [-0.25, -0.2) is 4.98 Å². The first-order chi connectivity index (χ1) is 8.81. The van der Waals surface area contributed by atoms with Crippen LogP contribution in [0.3, 0.4) is 0 Å². The first-order valence-electron chi connectivity index (χ1n) is 5.93. The highest BCUT2D eigenvalue weighted by atomic mass is 32.2. The van der Waals surface area contributed by atoms with Gasteiger partial charge in [-0.3, -0.25) is 0 Å². The van der Waals surface area contributed by atoms with Gasteiger partial charge in [0.1, 0.15) is 10.5 Å². The molecule has 0 saturated carbocycles. The molecule has 0 radical (unpaired) electrons. The second kappa shape index (κ2) is 6.82. The van der Waals surface area contributed by atoms with E-state index in [1.165, 1.54) is 16.9 Å². The zero-order valence-corrected chi connectivity index (χ0v) is 12.1. The molecule has 2 heterocycles. The van der Waals surface area contributed by atoms with E-state index in [2.05, 4.69) is 40.4 Å². The summed E-state index contributed by atoms with van der Waals surface area (Å²) in [7, 11) is 0. The molecule has 0 bridgehead atoms. The van der Waals surface area contributed by atoms with Crippen LogP contribution in [0, 0.1) is 0 Å². The summed E-state index contributed by atoms with van der Waals surface area (Å²) in [6, 6.07) is 4.39. The Balaban J connectivity index is 2.14. The van der Waals surface area contributed by atoms with Gasteiger partial charge in [0.2, 0.25) is 0 Å². The molecule has 6 heteroatoms. The number of hydrogen-bond acceptors (Lipinski definition) is 6. The molecule has 0 aliphatic rings. The zero-order valence-electron chi connectivity index (χ0n) is 10.5. The Morgan fingerprint density at radius 3 is 3.11 bits per heavy atom. The number of rotatable bonds is 6. The Labute approximate surface area is 115 Å². The highest BCUT2D eigenvalue weighted by Gasteiger charge is 2.12.